The topological polar surface area (TPSA) is 25.8 Å². The summed E-state index contributed by atoms with van der Waals surface area (Å²) in [6.45, 7) is 12.6. The van der Waals surface area contributed by atoms with E-state index in [2.05, 4.69) is 50.5 Å². The summed E-state index contributed by atoms with van der Waals surface area (Å²) in [6, 6.07) is 4.40. The number of nitrogens with two attached hydrogens (primary N) is 1. The van der Waals surface area contributed by atoms with Gasteiger partial charge in [0.25, 0.3) is 0 Å². The number of thiophene rings is 1. The lowest BCUT2D eigenvalue weighted by atomic mass is 9.75. The molecule has 2 N–H and O–H groups in total. The average Bonchev–Trinajstić information content (AvgIpc) is 2.98. The van der Waals surface area contributed by atoms with Crippen molar-refractivity contribution < 1.29 is 10.1 Å². The third-order valence-corrected chi connectivity index (χ3v) is 6.08. The molecule has 1 aliphatic rings. The van der Waals surface area contributed by atoms with E-state index < -0.39 is 0 Å². The second-order valence-corrected chi connectivity index (χ2v) is 9.27. The van der Waals surface area contributed by atoms with Gasteiger partial charge in [0.15, 0.2) is 0 Å². The molecular formula is C20H36NOS+. The Morgan fingerprint density at radius 2 is 2.13 bits per heavy atom. The van der Waals surface area contributed by atoms with E-state index in [0.29, 0.717) is 0 Å². The smallest absolute Gasteiger partial charge is 0.111 e. The third-order valence-electron chi connectivity index (χ3n) is 5.18. The van der Waals surface area contributed by atoms with Crippen LogP contribution < -0.4 is 5.32 Å². The van der Waals surface area contributed by atoms with Crippen LogP contribution in [0.2, 0.25) is 0 Å². The van der Waals surface area contributed by atoms with Crippen molar-refractivity contribution in [2.75, 3.05) is 13.2 Å². The maximum atomic E-state index is 5.94. The van der Waals surface area contributed by atoms with Gasteiger partial charge in [-0.25, -0.2) is 0 Å². The van der Waals surface area contributed by atoms with E-state index in [1.54, 1.807) is 0 Å². The summed E-state index contributed by atoms with van der Waals surface area (Å²) in [4.78, 5) is 1.50. The van der Waals surface area contributed by atoms with Gasteiger partial charge in [0.05, 0.1) is 17.0 Å². The molecule has 0 aromatic carbocycles. The summed E-state index contributed by atoms with van der Waals surface area (Å²) in [7, 11) is 0. The fourth-order valence-electron chi connectivity index (χ4n) is 3.85. The first kappa shape index (κ1) is 19.0. The second kappa shape index (κ2) is 9.19. The molecule has 3 heteroatoms. The molecule has 23 heavy (non-hydrogen) atoms. The molecule has 2 atom stereocenters. The first-order chi connectivity index (χ1) is 11.0. The van der Waals surface area contributed by atoms with Gasteiger partial charge in [-0.1, -0.05) is 26.3 Å². The minimum Gasteiger partial charge on any atom is -0.376 e. The molecule has 0 aliphatic carbocycles. The van der Waals surface area contributed by atoms with E-state index in [1.165, 1.54) is 43.5 Å². The number of ether oxygens (including phenoxy) is 1. The molecule has 0 spiro atoms. The third kappa shape index (κ3) is 6.94. The Morgan fingerprint density at radius 3 is 2.78 bits per heavy atom. The van der Waals surface area contributed by atoms with Gasteiger partial charge in [0.1, 0.15) is 6.54 Å². The molecule has 1 aromatic rings. The summed E-state index contributed by atoms with van der Waals surface area (Å²) in [5.74, 6) is 2.55. The van der Waals surface area contributed by atoms with Crippen molar-refractivity contribution in [3.05, 3.63) is 22.4 Å². The SMILES string of the molecule is CC(C)CC[C@@H](CC[NH2+]Cc1cccs1)[C@@H]1CCOC(C)(C)C1. The van der Waals surface area contributed by atoms with Gasteiger partial charge in [-0.2, -0.15) is 0 Å². The summed E-state index contributed by atoms with van der Waals surface area (Å²) in [5, 5.41) is 4.68. The lowest BCUT2D eigenvalue weighted by molar-refractivity contribution is -0.671. The van der Waals surface area contributed by atoms with Gasteiger partial charge in [-0.15, -0.1) is 11.3 Å². The van der Waals surface area contributed by atoms with Crippen LogP contribution in [0, 0.1) is 17.8 Å². The van der Waals surface area contributed by atoms with Crippen molar-refractivity contribution in [1.29, 1.82) is 0 Å². The highest BCUT2D eigenvalue weighted by atomic mass is 32.1. The van der Waals surface area contributed by atoms with Crippen molar-refractivity contribution in [3.8, 4) is 0 Å². The van der Waals surface area contributed by atoms with Crippen LogP contribution in [0.1, 0.15) is 64.7 Å². The second-order valence-electron chi connectivity index (χ2n) is 8.24. The molecule has 0 saturated carbocycles. The minimum absolute atomic E-state index is 0.0830. The van der Waals surface area contributed by atoms with Crippen molar-refractivity contribution in [2.45, 2.75) is 71.9 Å². The molecule has 1 aromatic heterocycles. The van der Waals surface area contributed by atoms with Crippen LogP contribution in [0.3, 0.4) is 0 Å². The monoisotopic (exact) mass is 338 g/mol. The van der Waals surface area contributed by atoms with Crippen LogP contribution in [-0.4, -0.2) is 18.8 Å². The first-order valence-corrected chi connectivity index (χ1v) is 10.3. The van der Waals surface area contributed by atoms with E-state index >= 15 is 0 Å². The Bertz CT molecular complexity index is 427. The van der Waals surface area contributed by atoms with E-state index in [-0.39, 0.29) is 5.60 Å². The summed E-state index contributed by atoms with van der Waals surface area (Å²) < 4.78 is 5.94. The van der Waals surface area contributed by atoms with Gasteiger partial charge in [0, 0.05) is 6.61 Å². The fourth-order valence-corrected chi connectivity index (χ4v) is 4.55. The molecule has 2 rings (SSSR count). The quantitative estimate of drug-likeness (QED) is 0.661. The normalized spacial score (nSPS) is 22.4. The van der Waals surface area contributed by atoms with E-state index in [0.717, 1.165) is 30.9 Å². The molecule has 0 amide bonds. The van der Waals surface area contributed by atoms with Crippen LogP contribution in [-0.2, 0) is 11.3 Å². The Hall–Kier alpha value is -0.380. The van der Waals surface area contributed by atoms with Crippen LogP contribution in [0.15, 0.2) is 17.5 Å². The van der Waals surface area contributed by atoms with E-state index in [9.17, 15) is 0 Å². The molecule has 132 valence electrons. The summed E-state index contributed by atoms with van der Waals surface area (Å²) in [5.41, 5.74) is 0.0830. The standard InChI is InChI=1S/C20H35NOS/c1-16(2)7-8-17(18-10-12-22-20(3,4)14-18)9-11-21-15-19-6-5-13-23-19/h5-6,13,16-18,21H,7-12,14-15H2,1-4H3/p+1/t17-,18+/m0/s1. The van der Waals surface area contributed by atoms with Crippen molar-refractivity contribution >= 4 is 11.3 Å². The van der Waals surface area contributed by atoms with Gasteiger partial charge in [-0.3, -0.25) is 0 Å². The minimum atomic E-state index is 0.0830. The highest BCUT2D eigenvalue weighted by molar-refractivity contribution is 7.09. The average molecular weight is 339 g/mol. The molecule has 0 unspecified atom stereocenters. The molecule has 1 saturated heterocycles. The predicted molar refractivity (Wildman–Crippen MR) is 99.7 cm³/mol. The molecule has 2 heterocycles. The zero-order valence-corrected chi connectivity index (χ0v) is 16.3. The predicted octanol–water partition coefficient (Wildman–Crippen LogP) is 4.46. The maximum absolute atomic E-state index is 5.94. The highest BCUT2D eigenvalue weighted by Crippen LogP contribution is 2.37. The molecule has 0 bridgehead atoms. The zero-order valence-electron chi connectivity index (χ0n) is 15.5. The van der Waals surface area contributed by atoms with Gasteiger partial charge >= 0.3 is 0 Å². The van der Waals surface area contributed by atoms with Crippen LogP contribution in [0.25, 0.3) is 0 Å². The van der Waals surface area contributed by atoms with Crippen LogP contribution in [0.5, 0.6) is 0 Å². The Kier molecular flexibility index (Phi) is 7.58. The molecule has 1 aliphatic heterocycles. The summed E-state index contributed by atoms with van der Waals surface area (Å²) >= 11 is 1.88. The number of rotatable bonds is 9. The number of quaternary nitrogens is 1. The maximum Gasteiger partial charge on any atom is 0.111 e. The molecule has 1 fully saturated rings. The van der Waals surface area contributed by atoms with Gasteiger partial charge in [0.2, 0.25) is 0 Å². The molecule has 2 nitrogen and oxygen atoms in total. The molecule has 0 radical (unpaired) electrons. The summed E-state index contributed by atoms with van der Waals surface area (Å²) in [6.07, 6.45) is 6.62. The van der Waals surface area contributed by atoms with Gasteiger partial charge in [-0.05, 0) is 68.7 Å². The van der Waals surface area contributed by atoms with Crippen LogP contribution >= 0.6 is 11.3 Å². The van der Waals surface area contributed by atoms with Crippen molar-refractivity contribution in [3.63, 3.8) is 0 Å². The zero-order chi connectivity index (χ0) is 16.7. The highest BCUT2D eigenvalue weighted by Gasteiger charge is 2.33. The van der Waals surface area contributed by atoms with Crippen molar-refractivity contribution in [2.24, 2.45) is 17.8 Å². The largest absolute Gasteiger partial charge is 0.376 e. The van der Waals surface area contributed by atoms with E-state index in [4.69, 9.17) is 4.74 Å². The number of hydrogen-bond acceptors (Lipinski definition) is 2. The lowest BCUT2D eigenvalue weighted by Gasteiger charge is -2.39. The van der Waals surface area contributed by atoms with Gasteiger partial charge < -0.3 is 10.1 Å². The molecular weight excluding hydrogens is 302 g/mol. The Morgan fingerprint density at radius 1 is 1.30 bits per heavy atom. The van der Waals surface area contributed by atoms with Crippen LogP contribution in [0.4, 0.5) is 0 Å². The number of hydrogen-bond donors (Lipinski definition) is 1. The van der Waals surface area contributed by atoms with E-state index in [1.807, 2.05) is 11.3 Å². The first-order valence-electron chi connectivity index (χ1n) is 9.44. The lowest BCUT2D eigenvalue weighted by Crippen LogP contribution is -2.82. The Balaban J connectivity index is 1.80. The van der Waals surface area contributed by atoms with Crippen molar-refractivity contribution in [1.82, 2.24) is 0 Å². The fraction of sp³-hybridized carbons (Fsp3) is 0.800. The Labute approximate surface area is 147 Å².